The van der Waals surface area contributed by atoms with Crippen molar-refractivity contribution in [3.63, 3.8) is 0 Å². The number of Topliss-reactive ketones (excluding diaryl/α,β-unsaturated/α-hetero) is 1. The van der Waals surface area contributed by atoms with Gasteiger partial charge in [0, 0.05) is 0 Å². The van der Waals surface area contributed by atoms with Gasteiger partial charge in [0.15, 0.2) is 5.78 Å². The van der Waals surface area contributed by atoms with Crippen LogP contribution >= 0.6 is 0 Å². The molecule has 1 aliphatic rings. The maximum atomic E-state index is 11.5. The molecule has 0 amide bonds. The van der Waals surface area contributed by atoms with Crippen LogP contribution in [-0.2, 0) is 0 Å². The molecule has 1 aliphatic heterocycles. The second kappa shape index (κ2) is 3.05. The van der Waals surface area contributed by atoms with Gasteiger partial charge in [0.2, 0.25) is 0 Å². The zero-order valence-electron chi connectivity index (χ0n) is 7.19. The van der Waals surface area contributed by atoms with Crippen molar-refractivity contribution in [2.75, 3.05) is 0 Å². The molecule has 1 heterocycles. The fourth-order valence-electron chi connectivity index (χ4n) is 1.43. The van der Waals surface area contributed by atoms with Crippen molar-refractivity contribution in [1.82, 2.24) is 0 Å². The van der Waals surface area contributed by atoms with E-state index in [0.29, 0.717) is 17.7 Å². The standard InChI is InChI=1S/C11H10O2/c1-2-8-7-10(12)9-5-3-4-6-11(9)13-8/h2-6,8H,1,7H2/t8-/m1/s1. The molecule has 1 atom stereocenters. The summed E-state index contributed by atoms with van der Waals surface area (Å²) in [6.07, 6.45) is 1.90. The lowest BCUT2D eigenvalue weighted by atomic mass is 10.0. The van der Waals surface area contributed by atoms with Gasteiger partial charge < -0.3 is 4.74 Å². The Kier molecular flexibility index (Phi) is 1.89. The van der Waals surface area contributed by atoms with E-state index in [9.17, 15) is 4.79 Å². The molecule has 0 saturated heterocycles. The average molecular weight is 174 g/mol. The number of carbonyl (C=O) groups excluding carboxylic acids is 1. The summed E-state index contributed by atoms with van der Waals surface area (Å²) in [4.78, 5) is 11.5. The third kappa shape index (κ3) is 1.35. The predicted molar refractivity (Wildman–Crippen MR) is 50.0 cm³/mol. The van der Waals surface area contributed by atoms with Gasteiger partial charge in [0.05, 0.1) is 12.0 Å². The Bertz CT molecular complexity index is 355. The molecular weight excluding hydrogens is 164 g/mol. The van der Waals surface area contributed by atoms with Gasteiger partial charge in [-0.2, -0.15) is 0 Å². The van der Waals surface area contributed by atoms with Crippen LogP contribution in [0.15, 0.2) is 36.9 Å². The van der Waals surface area contributed by atoms with Crippen LogP contribution in [-0.4, -0.2) is 11.9 Å². The van der Waals surface area contributed by atoms with Crippen LogP contribution in [0.3, 0.4) is 0 Å². The minimum absolute atomic E-state index is 0.131. The number of fused-ring (bicyclic) bond motifs is 1. The monoisotopic (exact) mass is 174 g/mol. The SMILES string of the molecule is C=C[C@@H]1CC(=O)c2ccccc2O1. The molecule has 66 valence electrons. The Balaban J connectivity index is 2.42. The molecule has 0 saturated carbocycles. The number of benzene rings is 1. The summed E-state index contributed by atoms with van der Waals surface area (Å²) in [6.45, 7) is 3.61. The third-order valence-electron chi connectivity index (χ3n) is 2.12. The third-order valence-corrected chi connectivity index (χ3v) is 2.12. The second-order valence-corrected chi connectivity index (χ2v) is 3.02. The number of para-hydroxylation sites is 1. The summed E-state index contributed by atoms with van der Waals surface area (Å²) in [5, 5.41) is 0. The van der Waals surface area contributed by atoms with E-state index in [4.69, 9.17) is 4.74 Å². The Morgan fingerprint density at radius 2 is 2.23 bits per heavy atom. The van der Waals surface area contributed by atoms with Crippen molar-refractivity contribution >= 4 is 5.78 Å². The normalized spacial score (nSPS) is 20.3. The van der Waals surface area contributed by atoms with Crippen molar-refractivity contribution in [2.24, 2.45) is 0 Å². The highest BCUT2D eigenvalue weighted by molar-refractivity contribution is 6.00. The van der Waals surface area contributed by atoms with Gasteiger partial charge >= 0.3 is 0 Å². The molecule has 0 unspecified atom stereocenters. The highest BCUT2D eigenvalue weighted by Crippen LogP contribution is 2.27. The first kappa shape index (κ1) is 8.05. The van der Waals surface area contributed by atoms with Crippen molar-refractivity contribution in [1.29, 1.82) is 0 Å². The highest BCUT2D eigenvalue weighted by atomic mass is 16.5. The quantitative estimate of drug-likeness (QED) is 0.610. The Morgan fingerprint density at radius 1 is 1.46 bits per heavy atom. The first-order valence-corrected chi connectivity index (χ1v) is 4.22. The Morgan fingerprint density at radius 3 is 3.00 bits per heavy atom. The minimum atomic E-state index is -0.164. The minimum Gasteiger partial charge on any atom is -0.485 e. The molecule has 2 rings (SSSR count). The molecule has 2 heteroatoms. The molecular formula is C11H10O2. The smallest absolute Gasteiger partial charge is 0.170 e. The topological polar surface area (TPSA) is 26.3 Å². The van der Waals surface area contributed by atoms with Crippen LogP contribution in [0.4, 0.5) is 0 Å². The molecule has 0 aliphatic carbocycles. The van der Waals surface area contributed by atoms with Crippen molar-refractivity contribution in [3.8, 4) is 5.75 Å². The van der Waals surface area contributed by atoms with Gasteiger partial charge in [-0.25, -0.2) is 0 Å². The van der Waals surface area contributed by atoms with Gasteiger partial charge in [-0.1, -0.05) is 24.8 Å². The number of carbonyl (C=O) groups is 1. The maximum absolute atomic E-state index is 11.5. The molecule has 0 N–H and O–H groups in total. The average Bonchev–Trinajstić information content (AvgIpc) is 2.18. The van der Waals surface area contributed by atoms with E-state index >= 15 is 0 Å². The van der Waals surface area contributed by atoms with E-state index in [1.807, 2.05) is 18.2 Å². The summed E-state index contributed by atoms with van der Waals surface area (Å²) in [5.41, 5.74) is 0.681. The zero-order chi connectivity index (χ0) is 9.26. The van der Waals surface area contributed by atoms with Crippen LogP contribution in [0.25, 0.3) is 0 Å². The van der Waals surface area contributed by atoms with Crippen LogP contribution in [0.1, 0.15) is 16.8 Å². The summed E-state index contributed by atoms with van der Waals surface area (Å²) in [6, 6.07) is 7.30. The highest BCUT2D eigenvalue weighted by Gasteiger charge is 2.23. The number of hydrogen-bond donors (Lipinski definition) is 0. The molecule has 1 aromatic rings. The second-order valence-electron chi connectivity index (χ2n) is 3.02. The molecule has 0 aromatic heterocycles. The Hall–Kier alpha value is -1.57. The van der Waals surface area contributed by atoms with E-state index in [0.717, 1.165) is 0 Å². The van der Waals surface area contributed by atoms with Crippen LogP contribution in [0, 0.1) is 0 Å². The first-order valence-electron chi connectivity index (χ1n) is 4.22. The number of rotatable bonds is 1. The lowest BCUT2D eigenvalue weighted by molar-refractivity contribution is 0.0894. The molecule has 0 fully saturated rings. The van der Waals surface area contributed by atoms with E-state index in [2.05, 4.69) is 6.58 Å². The van der Waals surface area contributed by atoms with Crippen molar-refractivity contribution in [2.45, 2.75) is 12.5 Å². The van der Waals surface area contributed by atoms with Crippen LogP contribution < -0.4 is 4.74 Å². The lowest BCUT2D eigenvalue weighted by Crippen LogP contribution is -2.24. The fourth-order valence-corrected chi connectivity index (χ4v) is 1.43. The molecule has 1 aromatic carbocycles. The molecule has 13 heavy (non-hydrogen) atoms. The Labute approximate surface area is 76.8 Å². The van der Waals surface area contributed by atoms with Crippen molar-refractivity contribution in [3.05, 3.63) is 42.5 Å². The summed E-state index contributed by atoms with van der Waals surface area (Å²) in [5.74, 6) is 0.801. The van der Waals surface area contributed by atoms with Gasteiger partial charge in [-0.3, -0.25) is 4.79 Å². The summed E-state index contributed by atoms with van der Waals surface area (Å²) < 4.78 is 5.51. The van der Waals surface area contributed by atoms with Gasteiger partial charge in [0.25, 0.3) is 0 Å². The van der Waals surface area contributed by atoms with Gasteiger partial charge in [0.1, 0.15) is 11.9 Å². The van der Waals surface area contributed by atoms with E-state index in [1.165, 1.54) is 0 Å². The number of ketones is 1. The number of hydrogen-bond acceptors (Lipinski definition) is 2. The van der Waals surface area contributed by atoms with Gasteiger partial charge in [-0.15, -0.1) is 0 Å². The largest absolute Gasteiger partial charge is 0.485 e. The van der Waals surface area contributed by atoms with Crippen LogP contribution in [0.5, 0.6) is 5.75 Å². The lowest BCUT2D eigenvalue weighted by Gasteiger charge is -2.22. The number of ether oxygens (including phenoxy) is 1. The molecule has 0 spiro atoms. The summed E-state index contributed by atoms with van der Waals surface area (Å²) >= 11 is 0. The fraction of sp³-hybridized carbons (Fsp3) is 0.182. The predicted octanol–water partition coefficient (Wildman–Crippen LogP) is 2.21. The summed E-state index contributed by atoms with van der Waals surface area (Å²) in [7, 11) is 0. The van der Waals surface area contributed by atoms with Crippen LogP contribution in [0.2, 0.25) is 0 Å². The van der Waals surface area contributed by atoms with E-state index in [1.54, 1.807) is 12.1 Å². The van der Waals surface area contributed by atoms with E-state index in [-0.39, 0.29) is 11.9 Å². The van der Waals surface area contributed by atoms with E-state index < -0.39 is 0 Å². The molecule has 0 bridgehead atoms. The van der Waals surface area contributed by atoms with Gasteiger partial charge in [-0.05, 0) is 12.1 Å². The maximum Gasteiger partial charge on any atom is 0.170 e. The zero-order valence-corrected chi connectivity index (χ0v) is 7.19. The van der Waals surface area contributed by atoms with Crippen molar-refractivity contribution < 1.29 is 9.53 Å². The first-order chi connectivity index (χ1) is 6.31. The molecule has 2 nitrogen and oxygen atoms in total. The molecule has 0 radical (unpaired) electrons.